The van der Waals surface area contributed by atoms with Crippen LogP contribution < -0.4 is 11.1 Å². The Morgan fingerprint density at radius 1 is 1.33 bits per heavy atom. The third-order valence-corrected chi connectivity index (χ3v) is 3.06. The molecule has 7 heteroatoms. The van der Waals surface area contributed by atoms with Crippen molar-refractivity contribution in [1.82, 2.24) is 14.9 Å². The second-order valence-electron chi connectivity index (χ2n) is 4.62. The number of imidazole rings is 1. The Bertz CT molecular complexity index is 529. The average molecular weight is 331 g/mol. The fraction of sp³-hybridized carbons (Fsp3) is 0.286. The maximum atomic E-state index is 12.1. The lowest BCUT2D eigenvalue weighted by molar-refractivity contribution is -0.126. The van der Waals surface area contributed by atoms with Gasteiger partial charge in [-0.2, -0.15) is 0 Å². The van der Waals surface area contributed by atoms with Crippen LogP contribution in [-0.4, -0.2) is 22.0 Å². The van der Waals surface area contributed by atoms with Crippen LogP contribution in [0.4, 0.5) is 0 Å². The molecule has 0 bridgehead atoms. The van der Waals surface area contributed by atoms with Crippen LogP contribution in [0.5, 0.6) is 0 Å². The molecule has 116 valence electrons. The number of carbonyl (C=O) groups excluding carboxylic acids is 1. The Kier molecular flexibility index (Phi) is 8.02. The molecule has 21 heavy (non-hydrogen) atoms. The van der Waals surface area contributed by atoms with Crippen molar-refractivity contribution in [1.29, 1.82) is 0 Å². The van der Waals surface area contributed by atoms with Gasteiger partial charge in [0.25, 0.3) is 0 Å². The van der Waals surface area contributed by atoms with Crippen LogP contribution >= 0.6 is 24.8 Å². The number of nitrogens with one attached hydrogen (secondary N) is 1. The van der Waals surface area contributed by atoms with Gasteiger partial charge in [-0.3, -0.25) is 4.79 Å². The molecule has 1 aromatic carbocycles. The number of benzene rings is 1. The number of hydrogen-bond donors (Lipinski definition) is 2. The number of nitrogens with zero attached hydrogens (tertiary/aromatic N) is 2. The Morgan fingerprint density at radius 3 is 2.57 bits per heavy atom. The number of halogens is 2. The summed E-state index contributed by atoms with van der Waals surface area (Å²) in [4.78, 5) is 16.1. The van der Waals surface area contributed by atoms with Gasteiger partial charge in [-0.25, -0.2) is 4.98 Å². The average Bonchev–Trinajstić information content (AvgIpc) is 2.93. The van der Waals surface area contributed by atoms with Crippen molar-refractivity contribution in [2.24, 2.45) is 5.73 Å². The Labute approximate surface area is 136 Å². The number of nitrogens with two attached hydrogens (primary N) is 1. The largest absolute Gasteiger partial charge is 0.352 e. The molecule has 0 aliphatic rings. The summed E-state index contributed by atoms with van der Waals surface area (Å²) in [5.74, 6) is -0.182. The monoisotopic (exact) mass is 330 g/mol. The van der Waals surface area contributed by atoms with E-state index < -0.39 is 5.54 Å². The van der Waals surface area contributed by atoms with E-state index in [9.17, 15) is 4.79 Å². The second kappa shape index (κ2) is 8.67. The number of hydrogen-bond acceptors (Lipinski definition) is 3. The second-order valence-corrected chi connectivity index (χ2v) is 4.62. The van der Waals surface area contributed by atoms with Gasteiger partial charge in [0.15, 0.2) is 0 Å². The first-order valence-electron chi connectivity index (χ1n) is 6.19. The lowest BCUT2D eigenvalue weighted by Gasteiger charge is -2.24. The van der Waals surface area contributed by atoms with Crippen molar-refractivity contribution in [2.45, 2.75) is 19.0 Å². The molecule has 0 saturated carbocycles. The van der Waals surface area contributed by atoms with Crippen LogP contribution in [0.1, 0.15) is 12.5 Å². The lowest BCUT2D eigenvalue weighted by atomic mass is 9.92. The van der Waals surface area contributed by atoms with E-state index in [0.717, 1.165) is 5.56 Å². The minimum atomic E-state index is -1.02. The van der Waals surface area contributed by atoms with Crippen molar-refractivity contribution in [3.8, 4) is 0 Å². The fourth-order valence-corrected chi connectivity index (χ4v) is 1.82. The van der Waals surface area contributed by atoms with E-state index in [1.54, 1.807) is 19.4 Å². The number of amides is 1. The zero-order chi connectivity index (χ0) is 13.7. The van der Waals surface area contributed by atoms with E-state index in [0.29, 0.717) is 13.1 Å². The van der Waals surface area contributed by atoms with Crippen molar-refractivity contribution in [3.63, 3.8) is 0 Å². The topological polar surface area (TPSA) is 72.9 Å². The maximum absolute atomic E-state index is 12.1. The van der Waals surface area contributed by atoms with Crippen LogP contribution in [0.15, 0.2) is 49.1 Å². The summed E-state index contributed by atoms with van der Waals surface area (Å²) < 4.78 is 1.90. The predicted molar refractivity (Wildman–Crippen MR) is 87.7 cm³/mol. The molecule has 1 aromatic heterocycles. The molecule has 1 amide bonds. The zero-order valence-corrected chi connectivity index (χ0v) is 13.4. The van der Waals surface area contributed by atoms with Crippen LogP contribution in [0.2, 0.25) is 0 Å². The molecule has 2 rings (SSSR count). The number of aromatic nitrogens is 2. The molecule has 5 nitrogen and oxygen atoms in total. The standard InChI is InChI=1S/C14H18N4O.2ClH/c1-14(15,12-5-3-2-4-6-12)13(19)17-8-10-18-9-7-16-11-18;;/h2-7,9,11H,8,10,15H2,1H3,(H,17,19);2*1H. The highest BCUT2D eigenvalue weighted by Crippen LogP contribution is 2.17. The minimum absolute atomic E-state index is 0. The van der Waals surface area contributed by atoms with Crippen molar-refractivity contribution < 1.29 is 4.79 Å². The van der Waals surface area contributed by atoms with Gasteiger partial charge in [0.1, 0.15) is 5.54 Å². The van der Waals surface area contributed by atoms with Crippen LogP contribution in [0.25, 0.3) is 0 Å². The van der Waals surface area contributed by atoms with E-state index >= 15 is 0 Å². The summed E-state index contributed by atoms with van der Waals surface area (Å²) in [6, 6.07) is 9.36. The number of rotatable bonds is 5. The molecule has 1 heterocycles. The van der Waals surface area contributed by atoms with Gasteiger partial charge < -0.3 is 15.6 Å². The first kappa shape index (κ1) is 19.4. The highest BCUT2D eigenvalue weighted by atomic mass is 35.5. The van der Waals surface area contributed by atoms with E-state index in [1.165, 1.54) is 0 Å². The predicted octanol–water partition coefficient (Wildman–Crippen LogP) is 1.72. The quantitative estimate of drug-likeness (QED) is 0.876. The normalized spacial score (nSPS) is 12.5. The first-order chi connectivity index (χ1) is 9.10. The summed E-state index contributed by atoms with van der Waals surface area (Å²) in [6.07, 6.45) is 5.27. The van der Waals surface area contributed by atoms with Gasteiger partial charge in [0.05, 0.1) is 6.33 Å². The first-order valence-corrected chi connectivity index (χ1v) is 6.19. The summed E-state index contributed by atoms with van der Waals surface area (Å²) in [5.41, 5.74) is 5.89. The van der Waals surface area contributed by atoms with Gasteiger partial charge in [-0.1, -0.05) is 30.3 Å². The van der Waals surface area contributed by atoms with Crippen LogP contribution in [-0.2, 0) is 16.9 Å². The zero-order valence-electron chi connectivity index (χ0n) is 11.7. The molecule has 0 radical (unpaired) electrons. The summed E-state index contributed by atoms with van der Waals surface area (Å²) in [7, 11) is 0. The molecule has 2 aromatic rings. The third kappa shape index (κ3) is 5.04. The maximum Gasteiger partial charge on any atom is 0.244 e. The molecule has 3 N–H and O–H groups in total. The van der Waals surface area contributed by atoms with Gasteiger partial charge in [-0.15, -0.1) is 24.8 Å². The Hall–Kier alpha value is -1.56. The van der Waals surface area contributed by atoms with E-state index in [-0.39, 0.29) is 30.7 Å². The lowest BCUT2D eigenvalue weighted by Crippen LogP contribution is -2.49. The summed E-state index contributed by atoms with van der Waals surface area (Å²) >= 11 is 0. The highest BCUT2D eigenvalue weighted by molar-refractivity contribution is 5.87. The third-order valence-electron chi connectivity index (χ3n) is 3.06. The van der Waals surface area contributed by atoms with Crippen molar-refractivity contribution in [2.75, 3.05) is 6.54 Å². The van der Waals surface area contributed by atoms with E-state index in [1.807, 2.05) is 41.1 Å². The van der Waals surface area contributed by atoms with E-state index in [4.69, 9.17) is 5.73 Å². The molecule has 0 aliphatic carbocycles. The van der Waals surface area contributed by atoms with E-state index in [2.05, 4.69) is 10.3 Å². The van der Waals surface area contributed by atoms with Gasteiger partial charge in [0, 0.05) is 25.5 Å². The van der Waals surface area contributed by atoms with Crippen molar-refractivity contribution in [3.05, 3.63) is 54.6 Å². The Morgan fingerprint density at radius 2 is 2.00 bits per heavy atom. The SMILES string of the molecule is CC(N)(C(=O)NCCn1ccnc1)c1ccccc1.Cl.Cl. The molecule has 0 fully saturated rings. The molecule has 0 aliphatic heterocycles. The Balaban J connectivity index is 0.00000200. The summed E-state index contributed by atoms with van der Waals surface area (Å²) in [6.45, 7) is 2.92. The van der Waals surface area contributed by atoms with Crippen molar-refractivity contribution >= 4 is 30.7 Å². The van der Waals surface area contributed by atoms with Gasteiger partial charge >= 0.3 is 0 Å². The number of carbonyl (C=O) groups is 1. The minimum Gasteiger partial charge on any atom is -0.352 e. The molecule has 0 spiro atoms. The van der Waals surface area contributed by atoms with Gasteiger partial charge in [0.2, 0.25) is 5.91 Å². The van der Waals surface area contributed by atoms with Gasteiger partial charge in [-0.05, 0) is 12.5 Å². The molecule has 1 atom stereocenters. The molecular formula is C14H20Cl2N4O. The molecule has 1 unspecified atom stereocenters. The fourth-order valence-electron chi connectivity index (χ4n) is 1.82. The smallest absolute Gasteiger partial charge is 0.244 e. The summed E-state index contributed by atoms with van der Waals surface area (Å²) in [5, 5.41) is 2.85. The molecular weight excluding hydrogens is 311 g/mol. The van der Waals surface area contributed by atoms with Crippen LogP contribution in [0, 0.1) is 0 Å². The highest BCUT2D eigenvalue weighted by Gasteiger charge is 2.29. The molecule has 0 saturated heterocycles. The van der Waals surface area contributed by atoms with Crippen LogP contribution in [0.3, 0.4) is 0 Å².